The lowest BCUT2D eigenvalue weighted by atomic mass is 10.1. The third-order valence-corrected chi connectivity index (χ3v) is 3.15. The van der Waals surface area contributed by atoms with Crippen molar-refractivity contribution >= 4 is 9.39 Å². The van der Waals surface area contributed by atoms with Crippen LogP contribution in [0.15, 0.2) is 11.9 Å². The highest BCUT2D eigenvalue weighted by molar-refractivity contribution is 7.13. The van der Waals surface area contributed by atoms with Gasteiger partial charge in [0.1, 0.15) is 0 Å². The number of nitrogens with zero attached hydrogens (tertiary/aromatic N) is 2. The molecule has 0 aromatic rings. The molecule has 0 N–H and O–H groups in total. The predicted octanol–water partition coefficient (Wildman–Crippen LogP) is 3.33. The Labute approximate surface area is 103 Å². The molecule has 0 aliphatic carbocycles. The molecule has 0 radical (unpaired) electrons. The SMILES string of the molecule is CC(C)CN(CC(C)C)C1=CN(P)CCC1. The van der Waals surface area contributed by atoms with Crippen LogP contribution in [-0.4, -0.2) is 29.2 Å². The van der Waals surface area contributed by atoms with Crippen LogP contribution in [0, 0.1) is 11.8 Å². The molecule has 1 aliphatic heterocycles. The van der Waals surface area contributed by atoms with E-state index in [4.69, 9.17) is 0 Å². The predicted molar refractivity (Wildman–Crippen MR) is 75.0 cm³/mol. The summed E-state index contributed by atoms with van der Waals surface area (Å²) in [4.78, 5) is 2.57. The van der Waals surface area contributed by atoms with E-state index in [-0.39, 0.29) is 0 Å². The van der Waals surface area contributed by atoms with Gasteiger partial charge in [0, 0.05) is 31.5 Å². The fourth-order valence-electron chi connectivity index (χ4n) is 2.19. The molecule has 1 unspecified atom stereocenters. The number of hydrogen-bond donors (Lipinski definition) is 0. The molecule has 0 saturated heterocycles. The quantitative estimate of drug-likeness (QED) is 0.682. The fourth-order valence-corrected chi connectivity index (χ4v) is 2.55. The Morgan fingerprint density at radius 1 is 1.25 bits per heavy atom. The highest BCUT2D eigenvalue weighted by Gasteiger charge is 2.16. The van der Waals surface area contributed by atoms with E-state index in [1.54, 1.807) is 0 Å². The Morgan fingerprint density at radius 3 is 2.25 bits per heavy atom. The second-order valence-corrected chi connectivity index (χ2v) is 6.32. The molecule has 0 spiro atoms. The van der Waals surface area contributed by atoms with Gasteiger partial charge in [-0.25, -0.2) is 0 Å². The first-order valence-corrected chi connectivity index (χ1v) is 6.97. The van der Waals surface area contributed by atoms with Crippen molar-refractivity contribution in [2.24, 2.45) is 11.8 Å². The van der Waals surface area contributed by atoms with Crippen LogP contribution in [0.1, 0.15) is 40.5 Å². The van der Waals surface area contributed by atoms with Gasteiger partial charge in [0.05, 0.1) is 0 Å². The van der Waals surface area contributed by atoms with E-state index >= 15 is 0 Å². The van der Waals surface area contributed by atoms with Crippen molar-refractivity contribution in [3.63, 3.8) is 0 Å². The zero-order valence-corrected chi connectivity index (χ0v) is 12.4. The molecule has 0 aromatic heterocycles. The summed E-state index contributed by atoms with van der Waals surface area (Å²) in [7, 11) is 2.79. The van der Waals surface area contributed by atoms with Gasteiger partial charge >= 0.3 is 0 Å². The first kappa shape index (κ1) is 13.8. The van der Waals surface area contributed by atoms with Gasteiger partial charge in [0.2, 0.25) is 0 Å². The first-order chi connectivity index (χ1) is 7.49. The van der Waals surface area contributed by atoms with E-state index in [1.165, 1.54) is 38.2 Å². The van der Waals surface area contributed by atoms with Gasteiger partial charge in [0.15, 0.2) is 0 Å². The van der Waals surface area contributed by atoms with E-state index in [0.29, 0.717) is 0 Å². The summed E-state index contributed by atoms with van der Waals surface area (Å²) in [5, 5.41) is 0. The van der Waals surface area contributed by atoms with Gasteiger partial charge in [-0.3, -0.25) is 0 Å². The third kappa shape index (κ3) is 4.74. The molecule has 0 bridgehead atoms. The smallest absolute Gasteiger partial charge is 0.0297 e. The molecule has 0 amide bonds. The van der Waals surface area contributed by atoms with Crippen molar-refractivity contribution in [2.75, 3.05) is 19.6 Å². The van der Waals surface area contributed by atoms with E-state index in [9.17, 15) is 0 Å². The summed E-state index contributed by atoms with van der Waals surface area (Å²) < 4.78 is 2.24. The van der Waals surface area contributed by atoms with Crippen molar-refractivity contribution in [3.8, 4) is 0 Å². The zero-order chi connectivity index (χ0) is 12.1. The number of allylic oxidation sites excluding steroid dienone is 1. The Morgan fingerprint density at radius 2 is 1.81 bits per heavy atom. The lowest BCUT2D eigenvalue weighted by Crippen LogP contribution is -2.33. The summed E-state index contributed by atoms with van der Waals surface area (Å²) in [5.41, 5.74) is 1.52. The molecule has 0 aromatic carbocycles. The lowest BCUT2D eigenvalue weighted by molar-refractivity contribution is 0.253. The average molecular weight is 242 g/mol. The maximum atomic E-state index is 2.79. The van der Waals surface area contributed by atoms with Gasteiger partial charge in [-0.15, -0.1) is 0 Å². The van der Waals surface area contributed by atoms with E-state index in [0.717, 1.165) is 11.8 Å². The van der Waals surface area contributed by atoms with E-state index in [1.807, 2.05) is 0 Å². The molecule has 1 atom stereocenters. The molecule has 1 aliphatic rings. The maximum Gasteiger partial charge on any atom is 0.0297 e. The Balaban J connectivity index is 2.66. The molecule has 0 fully saturated rings. The van der Waals surface area contributed by atoms with E-state index < -0.39 is 0 Å². The van der Waals surface area contributed by atoms with Crippen LogP contribution in [0.3, 0.4) is 0 Å². The van der Waals surface area contributed by atoms with Gasteiger partial charge in [-0.2, -0.15) is 0 Å². The Bertz CT molecular complexity index is 226. The topological polar surface area (TPSA) is 6.48 Å². The minimum atomic E-state index is 0.736. The van der Waals surface area contributed by atoms with Gasteiger partial charge in [0.25, 0.3) is 0 Å². The Kier molecular flexibility index (Phi) is 5.61. The molecular weight excluding hydrogens is 215 g/mol. The zero-order valence-electron chi connectivity index (χ0n) is 11.2. The molecule has 1 heterocycles. The van der Waals surface area contributed by atoms with Crippen molar-refractivity contribution < 1.29 is 0 Å². The number of rotatable bonds is 5. The van der Waals surface area contributed by atoms with Crippen LogP contribution >= 0.6 is 9.39 Å². The highest BCUT2D eigenvalue weighted by atomic mass is 31.0. The van der Waals surface area contributed by atoms with Gasteiger partial charge in [-0.05, 0) is 34.1 Å². The summed E-state index contributed by atoms with van der Waals surface area (Å²) >= 11 is 0. The minimum Gasteiger partial charge on any atom is -0.373 e. The fraction of sp³-hybridized carbons (Fsp3) is 0.846. The van der Waals surface area contributed by atoms with Crippen LogP contribution in [0.5, 0.6) is 0 Å². The van der Waals surface area contributed by atoms with Crippen molar-refractivity contribution in [2.45, 2.75) is 40.5 Å². The molecule has 1 rings (SSSR count). The average Bonchev–Trinajstić information content (AvgIpc) is 2.15. The second-order valence-electron chi connectivity index (χ2n) is 5.65. The van der Waals surface area contributed by atoms with Crippen LogP contribution < -0.4 is 0 Å². The van der Waals surface area contributed by atoms with Crippen LogP contribution in [0.2, 0.25) is 0 Å². The lowest BCUT2D eigenvalue weighted by Gasteiger charge is -2.34. The highest BCUT2D eigenvalue weighted by Crippen LogP contribution is 2.22. The van der Waals surface area contributed by atoms with Gasteiger partial charge in [-0.1, -0.05) is 27.7 Å². The van der Waals surface area contributed by atoms with Crippen molar-refractivity contribution in [3.05, 3.63) is 11.9 Å². The number of hydrogen-bond acceptors (Lipinski definition) is 2. The molecule has 94 valence electrons. The van der Waals surface area contributed by atoms with Gasteiger partial charge < -0.3 is 9.57 Å². The van der Waals surface area contributed by atoms with Crippen molar-refractivity contribution in [1.82, 2.24) is 9.57 Å². The van der Waals surface area contributed by atoms with Crippen LogP contribution in [0.4, 0.5) is 0 Å². The summed E-state index contributed by atoms with van der Waals surface area (Å²) in [5.74, 6) is 1.47. The monoisotopic (exact) mass is 242 g/mol. The normalized spacial score (nSPS) is 16.9. The summed E-state index contributed by atoms with van der Waals surface area (Å²) in [6, 6.07) is 0. The molecule has 2 nitrogen and oxygen atoms in total. The molecular formula is C13H27N2P. The standard InChI is InChI=1S/C13H27N2P/c1-11(2)8-14(9-12(3)4)13-6-5-7-15(16)10-13/h10-12H,5-9,16H2,1-4H3. The second kappa shape index (κ2) is 6.49. The molecule has 16 heavy (non-hydrogen) atoms. The van der Waals surface area contributed by atoms with E-state index in [2.05, 4.69) is 52.9 Å². The summed E-state index contributed by atoms with van der Waals surface area (Å²) in [6.45, 7) is 12.7. The minimum absolute atomic E-state index is 0.736. The summed E-state index contributed by atoms with van der Waals surface area (Å²) in [6.07, 6.45) is 4.82. The van der Waals surface area contributed by atoms with Crippen LogP contribution in [0.25, 0.3) is 0 Å². The first-order valence-electron chi connectivity index (χ1n) is 6.46. The van der Waals surface area contributed by atoms with Crippen molar-refractivity contribution in [1.29, 1.82) is 0 Å². The molecule has 0 saturated carbocycles. The molecule has 3 heteroatoms. The third-order valence-electron chi connectivity index (χ3n) is 2.74. The largest absolute Gasteiger partial charge is 0.373 e. The maximum absolute atomic E-state index is 2.79. The van der Waals surface area contributed by atoms with Crippen LogP contribution in [-0.2, 0) is 0 Å². The Hall–Kier alpha value is -0.230.